The van der Waals surface area contributed by atoms with Crippen molar-refractivity contribution in [3.8, 4) is 0 Å². The first-order valence-electron chi connectivity index (χ1n) is 14.0. The molecule has 42 heavy (non-hydrogen) atoms. The monoisotopic (exact) mass is 631 g/mol. The van der Waals surface area contributed by atoms with Crippen molar-refractivity contribution in [3.05, 3.63) is 93.0 Å². The Labute approximate surface area is 259 Å². The predicted octanol–water partition coefficient (Wildman–Crippen LogP) is 6.84. The van der Waals surface area contributed by atoms with Crippen LogP contribution in [-0.2, 0) is 26.2 Å². The molecule has 10 heteroatoms. The number of carbonyl (C=O) groups excluding carboxylic acids is 2. The number of nitrogens with one attached hydrogen (secondary N) is 1. The average Bonchev–Trinajstić information content (AvgIpc) is 2.93. The highest BCUT2D eigenvalue weighted by molar-refractivity contribution is 7.92. The Bertz CT molecular complexity index is 1530. The molecule has 0 heterocycles. The van der Waals surface area contributed by atoms with Crippen LogP contribution in [0.3, 0.4) is 0 Å². The van der Waals surface area contributed by atoms with Crippen LogP contribution < -0.4 is 9.62 Å². The van der Waals surface area contributed by atoms with Gasteiger partial charge < -0.3 is 10.2 Å². The molecule has 0 spiro atoms. The van der Waals surface area contributed by atoms with Gasteiger partial charge in [0.1, 0.15) is 12.6 Å². The number of benzene rings is 3. The first-order chi connectivity index (χ1) is 19.8. The van der Waals surface area contributed by atoms with Crippen LogP contribution in [0.5, 0.6) is 0 Å². The molecule has 0 bridgehead atoms. The third-order valence-corrected chi connectivity index (χ3v) is 9.61. The summed E-state index contributed by atoms with van der Waals surface area (Å²) in [6.07, 6.45) is 1.03. The molecule has 226 valence electrons. The Morgan fingerprint density at radius 1 is 0.881 bits per heavy atom. The minimum Gasteiger partial charge on any atom is -0.352 e. The lowest BCUT2D eigenvalue weighted by Gasteiger charge is -2.34. The lowest BCUT2D eigenvalue weighted by molar-refractivity contribution is -0.140. The van der Waals surface area contributed by atoms with Gasteiger partial charge in [0.05, 0.1) is 10.6 Å². The summed E-state index contributed by atoms with van der Waals surface area (Å²) in [6.45, 7) is 10.7. The van der Waals surface area contributed by atoms with Crippen LogP contribution in [-0.4, -0.2) is 43.8 Å². The minimum atomic E-state index is -4.16. The Kier molecular flexibility index (Phi) is 11.5. The fraction of sp³-hybridized carbons (Fsp3) is 0.375. The van der Waals surface area contributed by atoms with Gasteiger partial charge in [-0.1, -0.05) is 78.5 Å². The first kappa shape index (κ1) is 33.4. The van der Waals surface area contributed by atoms with E-state index >= 15 is 0 Å². The highest BCUT2D eigenvalue weighted by Crippen LogP contribution is 2.29. The molecule has 3 rings (SSSR count). The molecule has 2 amide bonds. The van der Waals surface area contributed by atoms with E-state index in [4.69, 9.17) is 23.2 Å². The second kappa shape index (κ2) is 14.4. The van der Waals surface area contributed by atoms with E-state index < -0.39 is 28.5 Å². The molecule has 1 N–H and O–H groups in total. The molecular weight excluding hydrogens is 593 g/mol. The number of carbonyl (C=O) groups is 2. The van der Waals surface area contributed by atoms with Gasteiger partial charge in [0.2, 0.25) is 11.8 Å². The molecule has 0 saturated carbocycles. The summed E-state index contributed by atoms with van der Waals surface area (Å²) in [5.74, 6) is -0.854. The van der Waals surface area contributed by atoms with E-state index in [9.17, 15) is 18.0 Å². The molecular formula is C32H39Cl2N3O4S. The van der Waals surface area contributed by atoms with E-state index in [1.807, 2.05) is 53.7 Å². The molecule has 3 aromatic rings. The summed E-state index contributed by atoms with van der Waals surface area (Å²) in [6, 6.07) is 15.9. The van der Waals surface area contributed by atoms with E-state index in [2.05, 4.69) is 5.32 Å². The summed E-state index contributed by atoms with van der Waals surface area (Å²) >= 11 is 12.6. The Morgan fingerprint density at radius 2 is 1.52 bits per heavy atom. The molecule has 0 radical (unpaired) electrons. The zero-order chi connectivity index (χ0) is 31.2. The lowest BCUT2D eigenvalue weighted by Crippen LogP contribution is -2.53. The van der Waals surface area contributed by atoms with Crippen molar-refractivity contribution in [1.82, 2.24) is 10.2 Å². The fourth-order valence-corrected chi connectivity index (χ4v) is 6.58. The zero-order valence-corrected chi connectivity index (χ0v) is 27.3. The van der Waals surface area contributed by atoms with Gasteiger partial charge in [-0.05, 0) is 82.0 Å². The van der Waals surface area contributed by atoms with Crippen molar-refractivity contribution in [2.45, 2.75) is 77.9 Å². The van der Waals surface area contributed by atoms with Gasteiger partial charge >= 0.3 is 0 Å². The molecule has 7 nitrogen and oxygen atoms in total. The second-order valence-corrected chi connectivity index (χ2v) is 13.3. The third-order valence-electron chi connectivity index (χ3n) is 7.25. The van der Waals surface area contributed by atoms with Crippen molar-refractivity contribution in [1.29, 1.82) is 0 Å². The molecule has 0 aliphatic heterocycles. The van der Waals surface area contributed by atoms with Crippen LogP contribution in [0.1, 0.15) is 55.9 Å². The number of amides is 2. The number of nitrogens with zero attached hydrogens (tertiary/aromatic N) is 2. The summed E-state index contributed by atoms with van der Waals surface area (Å²) in [7, 11) is -4.16. The van der Waals surface area contributed by atoms with E-state index in [1.165, 1.54) is 17.0 Å². The Morgan fingerprint density at radius 3 is 2.10 bits per heavy atom. The smallest absolute Gasteiger partial charge is 0.264 e. The maximum absolute atomic E-state index is 14.3. The van der Waals surface area contributed by atoms with Crippen molar-refractivity contribution in [2.24, 2.45) is 0 Å². The molecule has 2 atom stereocenters. The standard InChI is InChI=1S/C32H39Cl2N3O4S/c1-7-24(6)35-32(39)29(8-2)36(19-25-12-13-26(33)18-28(25)34)31(38)20-37(30-16-11-22(4)17-23(30)5)42(40,41)27-14-9-21(3)10-15-27/h9-18,24,29H,7-8,19-20H2,1-6H3,(H,35,39)/t24-,29-/m1/s1. The first-order valence-corrected chi connectivity index (χ1v) is 16.2. The summed E-state index contributed by atoms with van der Waals surface area (Å²) in [5, 5.41) is 3.75. The van der Waals surface area contributed by atoms with Crippen LogP contribution in [0.15, 0.2) is 65.6 Å². The SMILES string of the molecule is CC[C@@H](C)NC(=O)[C@@H](CC)N(Cc1ccc(Cl)cc1Cl)C(=O)CN(c1ccc(C)cc1C)S(=O)(=O)c1ccc(C)cc1. The molecule has 0 fully saturated rings. The van der Waals surface area contributed by atoms with Crippen molar-refractivity contribution in [2.75, 3.05) is 10.8 Å². The lowest BCUT2D eigenvalue weighted by atomic mass is 10.1. The molecule has 0 unspecified atom stereocenters. The van der Waals surface area contributed by atoms with Crippen LogP contribution in [0.2, 0.25) is 10.0 Å². The number of hydrogen-bond acceptors (Lipinski definition) is 4. The predicted molar refractivity (Wildman–Crippen MR) is 171 cm³/mol. The van der Waals surface area contributed by atoms with Gasteiger partial charge in [-0.3, -0.25) is 13.9 Å². The molecule has 3 aromatic carbocycles. The molecule has 0 aliphatic carbocycles. The van der Waals surface area contributed by atoms with Crippen LogP contribution in [0, 0.1) is 20.8 Å². The number of aryl methyl sites for hydroxylation is 3. The fourth-order valence-electron chi connectivity index (χ4n) is 4.63. The number of sulfonamides is 1. The highest BCUT2D eigenvalue weighted by atomic mass is 35.5. The molecule has 0 aromatic heterocycles. The topological polar surface area (TPSA) is 86.8 Å². The van der Waals surface area contributed by atoms with E-state index in [-0.39, 0.29) is 23.4 Å². The maximum Gasteiger partial charge on any atom is 0.264 e. The van der Waals surface area contributed by atoms with E-state index in [0.29, 0.717) is 39.7 Å². The van der Waals surface area contributed by atoms with Crippen molar-refractivity contribution in [3.63, 3.8) is 0 Å². The second-order valence-electron chi connectivity index (χ2n) is 10.6. The quantitative estimate of drug-likeness (QED) is 0.237. The van der Waals surface area contributed by atoms with Crippen molar-refractivity contribution < 1.29 is 18.0 Å². The normalized spacial score (nSPS) is 12.9. The number of rotatable bonds is 12. The van der Waals surface area contributed by atoms with E-state index in [1.54, 1.807) is 36.4 Å². The Balaban J connectivity index is 2.12. The van der Waals surface area contributed by atoms with Crippen LogP contribution in [0.4, 0.5) is 5.69 Å². The zero-order valence-electron chi connectivity index (χ0n) is 24.9. The van der Waals surface area contributed by atoms with Gasteiger partial charge in [-0.15, -0.1) is 0 Å². The van der Waals surface area contributed by atoms with Gasteiger partial charge in [0.25, 0.3) is 10.0 Å². The third kappa shape index (κ3) is 8.06. The molecule has 0 saturated heterocycles. The maximum atomic E-state index is 14.3. The number of anilines is 1. The van der Waals surface area contributed by atoms with Crippen LogP contribution in [0.25, 0.3) is 0 Å². The summed E-state index contributed by atoms with van der Waals surface area (Å²) < 4.78 is 29.3. The number of hydrogen-bond donors (Lipinski definition) is 1. The number of halogens is 2. The molecule has 0 aliphatic rings. The highest BCUT2D eigenvalue weighted by Gasteiger charge is 2.34. The average molecular weight is 633 g/mol. The van der Waals surface area contributed by atoms with Crippen LogP contribution >= 0.6 is 23.2 Å². The van der Waals surface area contributed by atoms with Gasteiger partial charge in [0.15, 0.2) is 0 Å². The Hall–Kier alpha value is -3.07. The largest absolute Gasteiger partial charge is 0.352 e. The van der Waals surface area contributed by atoms with E-state index in [0.717, 1.165) is 15.4 Å². The summed E-state index contributed by atoms with van der Waals surface area (Å²) in [5.41, 5.74) is 3.54. The van der Waals surface area contributed by atoms with Gasteiger partial charge in [-0.25, -0.2) is 8.42 Å². The minimum absolute atomic E-state index is 0.00737. The van der Waals surface area contributed by atoms with Gasteiger partial charge in [0, 0.05) is 22.6 Å². The van der Waals surface area contributed by atoms with Gasteiger partial charge in [-0.2, -0.15) is 0 Å². The van der Waals surface area contributed by atoms with Crippen molar-refractivity contribution >= 4 is 50.7 Å². The summed E-state index contributed by atoms with van der Waals surface area (Å²) in [4.78, 5) is 29.2.